The molecular weight excluding hydrogens is 392 g/mol. The van der Waals surface area contributed by atoms with Crippen LogP contribution in [0.5, 0.6) is 0 Å². The molecule has 138 valence electrons. The Bertz CT molecular complexity index is 676. The molecule has 0 bridgehead atoms. The van der Waals surface area contributed by atoms with Gasteiger partial charge in [0.15, 0.2) is 8.32 Å². The van der Waals surface area contributed by atoms with E-state index in [-0.39, 0.29) is 5.04 Å². The van der Waals surface area contributed by atoms with E-state index in [4.69, 9.17) is 4.43 Å². The molecule has 2 aromatic rings. The fourth-order valence-corrected chi connectivity index (χ4v) is 3.96. The summed E-state index contributed by atoms with van der Waals surface area (Å²) in [6.07, 6.45) is 7.21. The molecule has 0 N–H and O–H groups in total. The monoisotopic (exact) mass is 422 g/mol. The van der Waals surface area contributed by atoms with Crippen molar-refractivity contribution in [1.29, 1.82) is 0 Å². The highest BCUT2D eigenvalue weighted by Gasteiger charge is 2.36. The first-order valence-electron chi connectivity index (χ1n) is 9.07. The van der Waals surface area contributed by atoms with Gasteiger partial charge in [-0.1, -0.05) is 54.9 Å². The summed E-state index contributed by atoms with van der Waals surface area (Å²) in [5, 5.41) is 0.286. The second kappa shape index (κ2) is 8.65. The Labute approximate surface area is 162 Å². The third kappa shape index (κ3) is 5.80. The van der Waals surface area contributed by atoms with Gasteiger partial charge in [-0.25, -0.2) is 4.98 Å². The van der Waals surface area contributed by atoms with E-state index < -0.39 is 8.32 Å². The fraction of sp³-hybridized carbons (Fsp3) is 0.550. The van der Waals surface area contributed by atoms with Crippen molar-refractivity contribution in [2.75, 3.05) is 6.61 Å². The van der Waals surface area contributed by atoms with Crippen molar-refractivity contribution in [2.24, 2.45) is 0 Å². The molecule has 5 heteroatoms. The van der Waals surface area contributed by atoms with Crippen molar-refractivity contribution in [3.8, 4) is 0 Å². The summed E-state index contributed by atoms with van der Waals surface area (Å²) >= 11 is 3.63. The van der Waals surface area contributed by atoms with Gasteiger partial charge in [0.1, 0.15) is 0 Å². The van der Waals surface area contributed by atoms with Crippen molar-refractivity contribution in [1.82, 2.24) is 9.55 Å². The zero-order chi connectivity index (χ0) is 18.5. The number of nitrogens with zero attached hydrogens (tertiary/aromatic N) is 2. The molecule has 0 atom stereocenters. The highest BCUT2D eigenvalue weighted by Crippen LogP contribution is 2.36. The molecule has 0 saturated carbocycles. The van der Waals surface area contributed by atoms with E-state index in [2.05, 4.69) is 77.5 Å². The molecule has 1 heterocycles. The van der Waals surface area contributed by atoms with Gasteiger partial charge < -0.3 is 8.99 Å². The maximum absolute atomic E-state index is 6.27. The van der Waals surface area contributed by atoms with Gasteiger partial charge in [0.2, 0.25) is 0 Å². The van der Waals surface area contributed by atoms with Crippen molar-refractivity contribution >= 4 is 24.2 Å². The van der Waals surface area contributed by atoms with Gasteiger partial charge in [0, 0.05) is 29.5 Å². The molecule has 0 spiro atoms. The Kier molecular flexibility index (Phi) is 7.06. The molecule has 0 aliphatic rings. The van der Waals surface area contributed by atoms with Crippen LogP contribution in [0.25, 0.3) is 0 Å². The van der Waals surface area contributed by atoms with Crippen LogP contribution < -0.4 is 0 Å². The quantitative estimate of drug-likeness (QED) is 0.382. The van der Waals surface area contributed by atoms with Crippen LogP contribution >= 0.6 is 15.9 Å². The predicted octanol–water partition coefficient (Wildman–Crippen LogP) is 6.04. The van der Waals surface area contributed by atoms with Gasteiger partial charge in [-0.2, -0.15) is 0 Å². The lowest BCUT2D eigenvalue weighted by molar-refractivity contribution is 0.279. The molecule has 1 aromatic carbocycles. The van der Waals surface area contributed by atoms with Crippen LogP contribution in [0.1, 0.15) is 44.9 Å². The lowest BCUT2D eigenvalue weighted by Gasteiger charge is -2.36. The number of unbranched alkanes of at least 4 members (excludes halogenated alkanes) is 1. The Morgan fingerprint density at radius 1 is 1.16 bits per heavy atom. The van der Waals surface area contributed by atoms with Crippen LogP contribution in [0, 0.1) is 0 Å². The smallest absolute Gasteiger partial charge is 0.191 e. The van der Waals surface area contributed by atoms with E-state index in [1.54, 1.807) is 0 Å². The van der Waals surface area contributed by atoms with Gasteiger partial charge in [-0.15, -0.1) is 0 Å². The second-order valence-electron chi connectivity index (χ2n) is 8.17. The van der Waals surface area contributed by atoms with E-state index >= 15 is 0 Å². The second-order valence-corrected chi connectivity index (χ2v) is 13.8. The number of imidazole rings is 1. The van der Waals surface area contributed by atoms with Gasteiger partial charge in [0.05, 0.1) is 6.33 Å². The van der Waals surface area contributed by atoms with Crippen molar-refractivity contribution in [2.45, 2.75) is 64.7 Å². The average Bonchev–Trinajstić information content (AvgIpc) is 2.95. The molecule has 2 rings (SSSR count). The zero-order valence-electron chi connectivity index (χ0n) is 16.2. The lowest BCUT2D eigenvalue weighted by atomic mass is 10.2. The summed E-state index contributed by atoms with van der Waals surface area (Å²) < 4.78 is 9.66. The largest absolute Gasteiger partial charge is 0.417 e. The van der Waals surface area contributed by atoms with E-state index in [9.17, 15) is 0 Å². The van der Waals surface area contributed by atoms with E-state index in [1.165, 1.54) is 11.3 Å². The molecule has 0 saturated heterocycles. The van der Waals surface area contributed by atoms with Crippen molar-refractivity contribution in [3.63, 3.8) is 0 Å². The van der Waals surface area contributed by atoms with E-state index in [1.807, 2.05) is 18.6 Å². The topological polar surface area (TPSA) is 27.1 Å². The molecule has 3 nitrogen and oxygen atoms in total. The SMILES string of the molecule is CC(C)(C)[Si](C)(C)OCCCCc1cncn1Cc1ccccc1Br. The number of aromatic nitrogens is 2. The van der Waals surface area contributed by atoms with Crippen molar-refractivity contribution < 1.29 is 4.43 Å². The highest BCUT2D eigenvalue weighted by atomic mass is 79.9. The minimum Gasteiger partial charge on any atom is -0.417 e. The molecule has 0 amide bonds. The molecule has 0 unspecified atom stereocenters. The van der Waals surface area contributed by atoms with Gasteiger partial charge in [0.25, 0.3) is 0 Å². The van der Waals surface area contributed by atoms with Gasteiger partial charge >= 0.3 is 0 Å². The summed E-state index contributed by atoms with van der Waals surface area (Å²) in [5.74, 6) is 0. The van der Waals surface area contributed by atoms with Crippen LogP contribution in [0.2, 0.25) is 18.1 Å². The lowest BCUT2D eigenvalue weighted by Crippen LogP contribution is -2.40. The summed E-state index contributed by atoms with van der Waals surface area (Å²) in [6.45, 7) is 13.2. The summed E-state index contributed by atoms with van der Waals surface area (Å²) in [6, 6.07) is 8.37. The summed E-state index contributed by atoms with van der Waals surface area (Å²) in [5.41, 5.74) is 2.58. The summed E-state index contributed by atoms with van der Waals surface area (Å²) in [7, 11) is -1.61. The van der Waals surface area contributed by atoms with Crippen LogP contribution in [0.4, 0.5) is 0 Å². The molecule has 0 aliphatic carbocycles. The van der Waals surface area contributed by atoms with E-state index in [0.717, 1.165) is 36.9 Å². The van der Waals surface area contributed by atoms with Gasteiger partial charge in [-0.3, -0.25) is 0 Å². The van der Waals surface area contributed by atoms with Crippen LogP contribution in [0.15, 0.2) is 41.3 Å². The zero-order valence-corrected chi connectivity index (χ0v) is 18.8. The van der Waals surface area contributed by atoms with Gasteiger partial charge in [-0.05, 0) is 49.0 Å². The minimum atomic E-state index is -1.61. The first-order chi connectivity index (χ1) is 11.7. The Hall–Kier alpha value is -0.913. The van der Waals surface area contributed by atoms with E-state index in [0.29, 0.717) is 0 Å². The first kappa shape index (κ1) is 20.4. The molecule has 1 aromatic heterocycles. The maximum Gasteiger partial charge on any atom is 0.191 e. The first-order valence-corrected chi connectivity index (χ1v) is 12.8. The molecular formula is C20H31BrN2OSi. The Morgan fingerprint density at radius 2 is 1.88 bits per heavy atom. The molecule has 0 fully saturated rings. The fourth-order valence-electron chi connectivity index (χ4n) is 2.46. The van der Waals surface area contributed by atoms with Crippen LogP contribution in [0.3, 0.4) is 0 Å². The van der Waals surface area contributed by atoms with Crippen molar-refractivity contribution in [3.05, 3.63) is 52.5 Å². The summed E-state index contributed by atoms with van der Waals surface area (Å²) in [4.78, 5) is 4.34. The van der Waals surface area contributed by atoms with Crippen LogP contribution in [-0.2, 0) is 17.4 Å². The normalized spacial score (nSPS) is 12.6. The number of rotatable bonds is 8. The molecule has 0 radical (unpaired) electrons. The molecule has 25 heavy (non-hydrogen) atoms. The predicted molar refractivity (Wildman–Crippen MR) is 112 cm³/mol. The highest BCUT2D eigenvalue weighted by molar-refractivity contribution is 9.10. The van der Waals surface area contributed by atoms with Crippen LogP contribution in [-0.4, -0.2) is 24.5 Å². The molecule has 0 aliphatic heterocycles. The number of aryl methyl sites for hydroxylation is 1. The third-order valence-electron chi connectivity index (χ3n) is 5.19. The average molecular weight is 423 g/mol. The standard InChI is InChI=1S/C20H31BrN2OSi/c1-20(2,3)25(4,5)24-13-9-8-11-18-14-22-16-23(18)15-17-10-6-7-12-19(17)21/h6-7,10,12,14,16H,8-9,11,13,15H2,1-5H3. The third-order valence-corrected chi connectivity index (χ3v) is 10.5. The number of hydrogen-bond acceptors (Lipinski definition) is 2. The Balaban J connectivity index is 1.81. The number of halogens is 1. The maximum atomic E-state index is 6.27. The minimum absolute atomic E-state index is 0.286. The number of benzene rings is 1. The number of hydrogen-bond donors (Lipinski definition) is 0. The Morgan fingerprint density at radius 3 is 2.56 bits per heavy atom.